The van der Waals surface area contributed by atoms with E-state index >= 15 is 0 Å². The summed E-state index contributed by atoms with van der Waals surface area (Å²) in [5.41, 5.74) is 7.30. The second-order valence-electron chi connectivity index (χ2n) is 6.41. The normalized spacial score (nSPS) is 11.2. The largest absolute Gasteiger partial charge is 0.484 e. The Balaban J connectivity index is 1.66. The molecule has 0 bridgehead atoms. The van der Waals surface area contributed by atoms with Crippen molar-refractivity contribution in [1.82, 2.24) is 10.6 Å². The van der Waals surface area contributed by atoms with E-state index in [1.54, 1.807) is 13.1 Å². The van der Waals surface area contributed by atoms with E-state index in [2.05, 4.69) is 15.6 Å². The SMILES string of the molecule is CN=C(NCCCc1ccc(Cl)cc1Cl)NCCc1ccc(OCC(N)=O)cc1. The Morgan fingerprint density at radius 3 is 2.45 bits per heavy atom. The van der Waals surface area contributed by atoms with Gasteiger partial charge in [0.15, 0.2) is 12.6 Å². The van der Waals surface area contributed by atoms with Gasteiger partial charge in [0.25, 0.3) is 5.91 Å². The molecule has 0 aliphatic rings. The lowest BCUT2D eigenvalue weighted by molar-refractivity contribution is -0.119. The summed E-state index contributed by atoms with van der Waals surface area (Å²) >= 11 is 12.1. The number of ether oxygens (including phenoxy) is 1. The Morgan fingerprint density at radius 2 is 1.79 bits per heavy atom. The summed E-state index contributed by atoms with van der Waals surface area (Å²) in [6, 6.07) is 13.2. The van der Waals surface area contributed by atoms with Gasteiger partial charge in [-0.3, -0.25) is 9.79 Å². The maximum Gasteiger partial charge on any atom is 0.255 e. The molecule has 2 aromatic carbocycles. The summed E-state index contributed by atoms with van der Waals surface area (Å²) in [6.45, 7) is 1.40. The minimum absolute atomic E-state index is 0.118. The highest BCUT2D eigenvalue weighted by molar-refractivity contribution is 6.35. The zero-order valence-electron chi connectivity index (χ0n) is 16.4. The number of nitrogens with zero attached hydrogens (tertiary/aromatic N) is 1. The first-order valence-electron chi connectivity index (χ1n) is 9.36. The molecule has 8 heteroatoms. The van der Waals surface area contributed by atoms with Gasteiger partial charge in [-0.15, -0.1) is 0 Å². The second-order valence-corrected chi connectivity index (χ2v) is 7.26. The Bertz CT molecular complexity index is 826. The van der Waals surface area contributed by atoms with Gasteiger partial charge in [0, 0.05) is 30.2 Å². The molecule has 0 unspecified atom stereocenters. The summed E-state index contributed by atoms with van der Waals surface area (Å²) in [5, 5.41) is 7.94. The van der Waals surface area contributed by atoms with E-state index in [9.17, 15) is 4.79 Å². The van der Waals surface area contributed by atoms with Crippen molar-refractivity contribution in [2.75, 3.05) is 26.7 Å². The maximum absolute atomic E-state index is 10.7. The first-order chi connectivity index (χ1) is 14.0. The molecule has 0 fully saturated rings. The molecule has 0 aromatic heterocycles. The zero-order chi connectivity index (χ0) is 21.1. The van der Waals surface area contributed by atoms with Gasteiger partial charge < -0.3 is 21.1 Å². The van der Waals surface area contributed by atoms with E-state index in [1.165, 1.54) is 0 Å². The van der Waals surface area contributed by atoms with Crippen molar-refractivity contribution in [2.45, 2.75) is 19.3 Å². The van der Waals surface area contributed by atoms with Crippen LogP contribution in [0.15, 0.2) is 47.5 Å². The third kappa shape index (κ3) is 8.62. The van der Waals surface area contributed by atoms with Crippen molar-refractivity contribution in [3.63, 3.8) is 0 Å². The van der Waals surface area contributed by atoms with Crippen LogP contribution in [0.5, 0.6) is 5.75 Å². The fraction of sp³-hybridized carbons (Fsp3) is 0.333. The second kappa shape index (κ2) is 12.2. The van der Waals surface area contributed by atoms with Crippen LogP contribution >= 0.6 is 23.2 Å². The van der Waals surface area contributed by atoms with Gasteiger partial charge in [-0.2, -0.15) is 0 Å². The molecular formula is C21H26Cl2N4O2. The summed E-state index contributed by atoms with van der Waals surface area (Å²) in [4.78, 5) is 15.0. The molecule has 0 saturated carbocycles. The maximum atomic E-state index is 10.7. The number of carbonyl (C=O) groups is 1. The molecule has 0 radical (unpaired) electrons. The number of halogens is 2. The van der Waals surface area contributed by atoms with Crippen molar-refractivity contribution in [3.05, 3.63) is 63.6 Å². The van der Waals surface area contributed by atoms with Crippen LogP contribution in [0.25, 0.3) is 0 Å². The Kier molecular flexibility index (Phi) is 9.60. The van der Waals surface area contributed by atoms with Crippen molar-refractivity contribution in [3.8, 4) is 5.75 Å². The van der Waals surface area contributed by atoms with Crippen LogP contribution in [-0.4, -0.2) is 38.6 Å². The monoisotopic (exact) mass is 436 g/mol. The fourth-order valence-electron chi connectivity index (χ4n) is 2.66. The number of nitrogens with one attached hydrogen (secondary N) is 2. The zero-order valence-corrected chi connectivity index (χ0v) is 17.9. The number of benzene rings is 2. The van der Waals surface area contributed by atoms with Gasteiger partial charge in [-0.1, -0.05) is 41.4 Å². The van der Waals surface area contributed by atoms with Gasteiger partial charge in [0.1, 0.15) is 5.75 Å². The summed E-state index contributed by atoms with van der Waals surface area (Å²) in [7, 11) is 1.75. The van der Waals surface area contributed by atoms with Crippen LogP contribution in [0.1, 0.15) is 17.5 Å². The Morgan fingerprint density at radius 1 is 1.07 bits per heavy atom. The van der Waals surface area contributed by atoms with Gasteiger partial charge in [0.05, 0.1) is 0 Å². The first kappa shape index (κ1) is 22.8. The lowest BCUT2D eigenvalue weighted by Crippen LogP contribution is -2.38. The molecule has 29 heavy (non-hydrogen) atoms. The number of primary amides is 1. The van der Waals surface area contributed by atoms with Crippen LogP contribution < -0.4 is 21.1 Å². The Hall–Kier alpha value is -2.44. The first-order valence-corrected chi connectivity index (χ1v) is 10.1. The van der Waals surface area contributed by atoms with Crippen molar-refractivity contribution >= 4 is 35.1 Å². The molecule has 0 saturated heterocycles. The molecule has 0 atom stereocenters. The van der Waals surface area contributed by atoms with Crippen molar-refractivity contribution < 1.29 is 9.53 Å². The number of nitrogens with two attached hydrogens (primary N) is 1. The molecule has 0 aliphatic carbocycles. The predicted octanol–water partition coefficient (Wildman–Crippen LogP) is 3.20. The minimum atomic E-state index is -0.492. The van der Waals surface area contributed by atoms with Gasteiger partial charge >= 0.3 is 0 Å². The van der Waals surface area contributed by atoms with Gasteiger partial charge in [-0.05, 0) is 54.7 Å². The molecule has 6 nitrogen and oxygen atoms in total. The summed E-state index contributed by atoms with van der Waals surface area (Å²) < 4.78 is 5.25. The van der Waals surface area contributed by atoms with Crippen molar-refractivity contribution in [2.24, 2.45) is 10.7 Å². The molecule has 0 aliphatic heterocycles. The highest BCUT2D eigenvalue weighted by Crippen LogP contribution is 2.21. The van der Waals surface area contributed by atoms with Crippen LogP contribution in [0.3, 0.4) is 0 Å². The summed E-state index contributed by atoms with van der Waals surface area (Å²) in [6.07, 6.45) is 2.62. The third-order valence-corrected chi connectivity index (χ3v) is 4.75. The molecule has 0 spiro atoms. The van der Waals surface area contributed by atoms with Crippen LogP contribution in [0.2, 0.25) is 10.0 Å². The number of hydrogen-bond donors (Lipinski definition) is 3. The van der Waals surface area contributed by atoms with Crippen LogP contribution in [0, 0.1) is 0 Å². The molecule has 2 rings (SSSR count). The van der Waals surface area contributed by atoms with E-state index in [-0.39, 0.29) is 6.61 Å². The highest BCUT2D eigenvalue weighted by Gasteiger charge is 2.03. The number of aliphatic imine (C=N–C) groups is 1. The number of rotatable bonds is 10. The molecule has 2 aromatic rings. The average molecular weight is 437 g/mol. The van der Waals surface area contributed by atoms with E-state index in [0.29, 0.717) is 15.8 Å². The van der Waals surface area contributed by atoms with Crippen LogP contribution in [0.4, 0.5) is 0 Å². The number of aryl methyl sites for hydroxylation is 1. The minimum Gasteiger partial charge on any atom is -0.484 e. The number of hydrogen-bond acceptors (Lipinski definition) is 3. The lowest BCUT2D eigenvalue weighted by Gasteiger charge is -2.12. The van der Waals surface area contributed by atoms with E-state index in [0.717, 1.165) is 49.4 Å². The van der Waals surface area contributed by atoms with Gasteiger partial charge in [-0.25, -0.2) is 0 Å². The number of carbonyl (C=O) groups excluding carboxylic acids is 1. The van der Waals surface area contributed by atoms with E-state index in [1.807, 2.05) is 36.4 Å². The molecular weight excluding hydrogens is 411 g/mol. The summed E-state index contributed by atoms with van der Waals surface area (Å²) in [5.74, 6) is 0.890. The standard InChI is InChI=1S/C21H26Cl2N4O2/c1-25-21(26-11-2-3-16-6-7-17(22)13-19(16)23)27-12-10-15-4-8-18(9-5-15)29-14-20(24)28/h4-9,13H,2-3,10-12,14H2,1H3,(H2,24,28)(H2,25,26,27). The van der Waals surface area contributed by atoms with Gasteiger partial charge in [0.2, 0.25) is 0 Å². The number of guanidine groups is 1. The molecule has 1 amide bonds. The highest BCUT2D eigenvalue weighted by atomic mass is 35.5. The molecule has 0 heterocycles. The van der Waals surface area contributed by atoms with Crippen LogP contribution in [-0.2, 0) is 17.6 Å². The van der Waals surface area contributed by atoms with Crippen molar-refractivity contribution in [1.29, 1.82) is 0 Å². The smallest absolute Gasteiger partial charge is 0.255 e. The topological polar surface area (TPSA) is 88.7 Å². The fourth-order valence-corrected chi connectivity index (χ4v) is 3.17. The molecule has 156 valence electrons. The average Bonchev–Trinajstić information content (AvgIpc) is 2.70. The van der Waals surface area contributed by atoms with E-state index in [4.69, 9.17) is 33.7 Å². The molecule has 4 N–H and O–H groups in total. The third-order valence-electron chi connectivity index (χ3n) is 4.16. The predicted molar refractivity (Wildman–Crippen MR) is 119 cm³/mol. The Labute approximate surface area is 181 Å². The lowest BCUT2D eigenvalue weighted by atomic mass is 10.1. The quantitative estimate of drug-likeness (QED) is 0.303. The van der Waals surface area contributed by atoms with E-state index < -0.39 is 5.91 Å². The number of amides is 1.